The summed E-state index contributed by atoms with van der Waals surface area (Å²) in [6.45, 7) is 22.2. The predicted octanol–water partition coefficient (Wildman–Crippen LogP) is 8.49. The van der Waals surface area contributed by atoms with Gasteiger partial charge >= 0.3 is 0 Å². The third-order valence-corrected chi connectivity index (χ3v) is 13.4. The Morgan fingerprint density at radius 3 is 2.22 bits per heavy atom. The predicted molar refractivity (Wildman–Crippen MR) is 134 cm³/mol. The van der Waals surface area contributed by atoms with Crippen molar-refractivity contribution in [2.75, 3.05) is 0 Å². The van der Waals surface area contributed by atoms with Crippen molar-refractivity contribution in [3.63, 3.8) is 0 Å². The maximum Gasteiger partial charge on any atom is 0.0630 e. The van der Waals surface area contributed by atoms with Crippen LogP contribution in [-0.4, -0.2) is 10.9 Å². The summed E-state index contributed by atoms with van der Waals surface area (Å²) in [4.78, 5) is 0. The Morgan fingerprint density at radius 2 is 1.56 bits per heavy atom. The van der Waals surface area contributed by atoms with E-state index in [1.807, 2.05) is 0 Å². The first-order chi connectivity index (χ1) is 14.8. The number of nitrogens with zero attached hydrogens (tertiary/aromatic N) is 1. The fourth-order valence-corrected chi connectivity index (χ4v) is 11.5. The number of hydrogen-bond donors (Lipinski definition) is 1. The summed E-state index contributed by atoms with van der Waals surface area (Å²) in [6, 6.07) is 0. The van der Waals surface area contributed by atoms with Crippen LogP contribution in [0.4, 0.5) is 0 Å². The molecule has 0 bridgehead atoms. The standard InChI is InChI=1S/C30H49NO/c1-19(2)20-11-14-27(5)17-18-29(7)21(25(20)27)9-10-23-28(6)15-13-24(31-32)26(3,4)22(28)12-16-30(23,29)8/h20-23,25,32H,1,9-18H2,2-8H3/b31-24-/t20-,21+,22-,23+,25-,27+,28-,29+,30+/m0/s1. The summed E-state index contributed by atoms with van der Waals surface area (Å²) in [5.41, 5.74) is 4.29. The largest absolute Gasteiger partial charge is 0.411 e. The molecule has 0 aromatic carbocycles. The van der Waals surface area contributed by atoms with Crippen LogP contribution in [0.2, 0.25) is 0 Å². The van der Waals surface area contributed by atoms with Gasteiger partial charge in [0.05, 0.1) is 5.71 Å². The first kappa shape index (κ1) is 23.0. The van der Waals surface area contributed by atoms with E-state index in [2.05, 4.69) is 60.2 Å². The average molecular weight is 440 g/mol. The molecular formula is C30H49NO. The number of oxime groups is 1. The lowest BCUT2D eigenvalue weighted by atomic mass is 9.32. The van der Waals surface area contributed by atoms with E-state index >= 15 is 0 Å². The molecule has 32 heavy (non-hydrogen) atoms. The van der Waals surface area contributed by atoms with Gasteiger partial charge in [0, 0.05) is 5.41 Å². The van der Waals surface area contributed by atoms with Crippen LogP contribution in [0.1, 0.15) is 113 Å². The molecule has 5 fully saturated rings. The van der Waals surface area contributed by atoms with Gasteiger partial charge in [-0.15, -0.1) is 0 Å². The molecule has 0 aliphatic heterocycles. The van der Waals surface area contributed by atoms with E-state index in [9.17, 15) is 5.21 Å². The second-order valence-electron chi connectivity index (χ2n) is 14.6. The molecule has 9 atom stereocenters. The highest BCUT2D eigenvalue weighted by molar-refractivity contribution is 5.90. The van der Waals surface area contributed by atoms with Gasteiger partial charge in [-0.25, -0.2) is 0 Å². The van der Waals surface area contributed by atoms with Gasteiger partial charge in [0.1, 0.15) is 0 Å². The minimum absolute atomic E-state index is 0.0163. The Bertz CT molecular complexity index is 842. The first-order valence-corrected chi connectivity index (χ1v) is 13.7. The Balaban J connectivity index is 1.54. The molecule has 0 aromatic rings. The van der Waals surface area contributed by atoms with E-state index < -0.39 is 0 Å². The first-order valence-electron chi connectivity index (χ1n) is 13.7. The average Bonchev–Trinajstić information content (AvgIpc) is 3.06. The lowest BCUT2D eigenvalue weighted by Gasteiger charge is -2.72. The van der Waals surface area contributed by atoms with Gasteiger partial charge in [0.15, 0.2) is 0 Å². The Hall–Kier alpha value is -0.790. The normalized spacial score (nSPS) is 55.5. The van der Waals surface area contributed by atoms with E-state index in [0.29, 0.717) is 27.6 Å². The Kier molecular flexibility index (Phi) is 4.94. The molecule has 0 amide bonds. The van der Waals surface area contributed by atoms with Gasteiger partial charge < -0.3 is 5.21 Å². The number of allylic oxidation sites excluding steroid dienone is 1. The molecule has 0 radical (unpaired) electrons. The van der Waals surface area contributed by atoms with Crippen molar-refractivity contribution in [3.8, 4) is 0 Å². The zero-order chi connectivity index (χ0) is 23.3. The topological polar surface area (TPSA) is 32.6 Å². The second kappa shape index (κ2) is 6.88. The summed E-state index contributed by atoms with van der Waals surface area (Å²) < 4.78 is 0. The van der Waals surface area contributed by atoms with Crippen LogP contribution in [0, 0.1) is 56.7 Å². The van der Waals surface area contributed by atoms with Crippen LogP contribution >= 0.6 is 0 Å². The lowest BCUT2D eigenvalue weighted by Crippen LogP contribution is -2.66. The molecule has 5 aliphatic carbocycles. The quantitative estimate of drug-likeness (QED) is 0.248. The fourth-order valence-electron chi connectivity index (χ4n) is 11.5. The van der Waals surface area contributed by atoms with E-state index in [-0.39, 0.29) is 5.41 Å². The van der Waals surface area contributed by atoms with Crippen molar-refractivity contribution >= 4 is 5.71 Å². The van der Waals surface area contributed by atoms with E-state index in [0.717, 1.165) is 35.8 Å². The van der Waals surface area contributed by atoms with Gasteiger partial charge in [-0.2, -0.15) is 0 Å². The Morgan fingerprint density at radius 1 is 0.844 bits per heavy atom. The molecule has 5 rings (SSSR count). The molecule has 1 N–H and O–H groups in total. The highest BCUT2D eigenvalue weighted by Crippen LogP contribution is 2.77. The number of hydrogen-bond acceptors (Lipinski definition) is 2. The minimum Gasteiger partial charge on any atom is -0.411 e. The van der Waals surface area contributed by atoms with Gasteiger partial charge in [0.2, 0.25) is 0 Å². The molecule has 0 saturated heterocycles. The van der Waals surface area contributed by atoms with Crippen molar-refractivity contribution in [2.24, 2.45) is 61.8 Å². The summed E-state index contributed by atoms with van der Waals surface area (Å²) in [7, 11) is 0. The summed E-state index contributed by atoms with van der Waals surface area (Å²) in [5.74, 6) is 3.88. The molecular weight excluding hydrogens is 390 g/mol. The van der Waals surface area contributed by atoms with Crippen LogP contribution in [0.3, 0.4) is 0 Å². The fraction of sp³-hybridized carbons (Fsp3) is 0.900. The summed E-state index contributed by atoms with van der Waals surface area (Å²) >= 11 is 0. The molecule has 0 unspecified atom stereocenters. The third-order valence-electron chi connectivity index (χ3n) is 13.4. The van der Waals surface area contributed by atoms with Crippen LogP contribution in [0.5, 0.6) is 0 Å². The smallest absolute Gasteiger partial charge is 0.0630 e. The molecule has 0 spiro atoms. The molecule has 180 valence electrons. The van der Waals surface area contributed by atoms with Crippen molar-refractivity contribution in [1.29, 1.82) is 0 Å². The third kappa shape index (κ3) is 2.62. The van der Waals surface area contributed by atoms with E-state index in [1.54, 1.807) is 0 Å². The molecule has 5 saturated carbocycles. The molecule has 5 aliphatic rings. The van der Waals surface area contributed by atoms with Crippen molar-refractivity contribution in [3.05, 3.63) is 12.2 Å². The van der Waals surface area contributed by atoms with Crippen LogP contribution < -0.4 is 0 Å². The molecule has 0 heterocycles. The minimum atomic E-state index is 0.0163. The van der Waals surface area contributed by atoms with Crippen molar-refractivity contribution in [2.45, 2.75) is 113 Å². The highest BCUT2D eigenvalue weighted by atomic mass is 16.4. The van der Waals surface area contributed by atoms with Crippen molar-refractivity contribution < 1.29 is 5.21 Å². The lowest BCUT2D eigenvalue weighted by molar-refractivity contribution is -0.226. The van der Waals surface area contributed by atoms with E-state index in [4.69, 9.17) is 0 Å². The maximum absolute atomic E-state index is 9.74. The number of fused-ring (bicyclic) bond motifs is 7. The number of rotatable bonds is 1. The zero-order valence-electron chi connectivity index (χ0n) is 22.1. The van der Waals surface area contributed by atoms with Gasteiger partial charge in [-0.1, -0.05) is 58.9 Å². The molecule has 2 nitrogen and oxygen atoms in total. The Labute approximate surface area is 197 Å². The zero-order valence-corrected chi connectivity index (χ0v) is 22.1. The van der Waals surface area contributed by atoms with Crippen molar-refractivity contribution in [1.82, 2.24) is 0 Å². The SMILES string of the molecule is C=C(C)[C@@H]1CC[C@]2(C)CC[C@]3(C)[C@H](CC[C@@H]4[C@@]5(C)CC/C(=N/O)C(C)(C)[C@@H]5CC[C@]43C)[C@H]12. The molecule has 2 heteroatoms. The summed E-state index contributed by atoms with van der Waals surface area (Å²) in [6.07, 6.45) is 13.3. The van der Waals surface area contributed by atoms with E-state index in [1.165, 1.54) is 63.4 Å². The van der Waals surface area contributed by atoms with Gasteiger partial charge in [-0.3, -0.25) is 0 Å². The highest BCUT2D eigenvalue weighted by Gasteiger charge is 2.70. The van der Waals surface area contributed by atoms with Gasteiger partial charge in [-0.05, 0) is 122 Å². The summed E-state index contributed by atoms with van der Waals surface area (Å²) in [5, 5.41) is 13.5. The van der Waals surface area contributed by atoms with Gasteiger partial charge in [0.25, 0.3) is 0 Å². The van der Waals surface area contributed by atoms with Crippen LogP contribution in [-0.2, 0) is 0 Å². The maximum atomic E-state index is 9.74. The monoisotopic (exact) mass is 439 g/mol. The molecule has 0 aromatic heterocycles. The van der Waals surface area contributed by atoms with Crippen LogP contribution in [0.25, 0.3) is 0 Å². The van der Waals surface area contributed by atoms with Crippen LogP contribution in [0.15, 0.2) is 17.3 Å². The second-order valence-corrected chi connectivity index (χ2v) is 14.6.